The molecule has 0 saturated heterocycles. The van der Waals surface area contributed by atoms with E-state index in [0.717, 1.165) is 5.56 Å². The number of nitrogens with one attached hydrogen (secondary N) is 2. The predicted molar refractivity (Wildman–Crippen MR) is 52.2 cm³/mol. The first-order valence-corrected chi connectivity index (χ1v) is 4.22. The van der Waals surface area contributed by atoms with Crippen LogP contribution in [0.1, 0.15) is 19.4 Å². The van der Waals surface area contributed by atoms with Crippen molar-refractivity contribution in [2.75, 3.05) is 0 Å². The number of hydrogen-bond acceptors (Lipinski definition) is 2. The Morgan fingerprint density at radius 1 is 1.77 bits per heavy atom. The molecule has 0 amide bonds. The summed E-state index contributed by atoms with van der Waals surface area (Å²) in [6, 6.07) is 0.313. The Morgan fingerprint density at radius 2 is 2.54 bits per heavy atom. The van der Waals surface area contributed by atoms with Gasteiger partial charge in [-0.25, -0.2) is 4.99 Å². The minimum absolute atomic E-state index is 0.313. The summed E-state index contributed by atoms with van der Waals surface area (Å²) in [4.78, 5) is 4.13. The van der Waals surface area contributed by atoms with Gasteiger partial charge in [-0.1, -0.05) is 0 Å². The lowest BCUT2D eigenvalue weighted by atomic mass is 10.4. The summed E-state index contributed by atoms with van der Waals surface area (Å²) in [6.07, 6.45) is 3.53. The van der Waals surface area contributed by atoms with Gasteiger partial charge in [0.05, 0.1) is 12.7 Å². The number of nitrogens with zero attached hydrogens (tertiary/aromatic N) is 2. The van der Waals surface area contributed by atoms with E-state index in [1.165, 1.54) is 0 Å². The van der Waals surface area contributed by atoms with E-state index in [1.807, 2.05) is 13.8 Å². The van der Waals surface area contributed by atoms with Gasteiger partial charge in [0.2, 0.25) is 0 Å². The molecule has 4 N–H and O–H groups in total. The van der Waals surface area contributed by atoms with Crippen LogP contribution in [0.3, 0.4) is 0 Å². The molecule has 1 aromatic rings. The van der Waals surface area contributed by atoms with Crippen LogP contribution in [0.2, 0.25) is 0 Å². The van der Waals surface area contributed by atoms with Crippen LogP contribution in [-0.4, -0.2) is 22.2 Å². The lowest BCUT2D eigenvalue weighted by Crippen LogP contribution is -2.36. The number of aromatic amines is 1. The molecule has 0 aliphatic carbocycles. The molecule has 0 radical (unpaired) electrons. The monoisotopic (exact) mass is 181 g/mol. The highest BCUT2D eigenvalue weighted by Gasteiger charge is 1.95. The van der Waals surface area contributed by atoms with Crippen LogP contribution < -0.4 is 11.1 Å². The summed E-state index contributed by atoms with van der Waals surface area (Å²) in [7, 11) is 0. The zero-order valence-corrected chi connectivity index (χ0v) is 7.91. The standard InChI is InChI=1S/C8H15N5/c1-6(2)13-8(9)10-3-7-4-11-12-5-7/h4-6H,3H2,1-2H3,(H,11,12)(H3,9,10,13). The molecule has 0 spiro atoms. The summed E-state index contributed by atoms with van der Waals surface area (Å²) in [5.41, 5.74) is 6.62. The topological polar surface area (TPSA) is 79.1 Å². The van der Waals surface area contributed by atoms with E-state index in [-0.39, 0.29) is 0 Å². The van der Waals surface area contributed by atoms with Crippen LogP contribution in [0, 0.1) is 0 Å². The van der Waals surface area contributed by atoms with E-state index in [4.69, 9.17) is 5.73 Å². The third kappa shape index (κ3) is 3.59. The Labute approximate surface area is 77.4 Å². The molecule has 0 unspecified atom stereocenters. The van der Waals surface area contributed by atoms with Crippen molar-refractivity contribution in [2.24, 2.45) is 10.7 Å². The van der Waals surface area contributed by atoms with Crippen molar-refractivity contribution in [3.63, 3.8) is 0 Å². The molecule has 1 heterocycles. The number of rotatable bonds is 3. The van der Waals surface area contributed by atoms with Crippen molar-refractivity contribution < 1.29 is 0 Å². The fraction of sp³-hybridized carbons (Fsp3) is 0.500. The van der Waals surface area contributed by atoms with Crippen LogP contribution in [0.15, 0.2) is 17.4 Å². The normalized spacial score (nSPS) is 12.1. The summed E-state index contributed by atoms with van der Waals surface area (Å²) in [6.45, 7) is 4.59. The highest BCUT2D eigenvalue weighted by molar-refractivity contribution is 5.78. The van der Waals surface area contributed by atoms with Gasteiger partial charge in [-0.15, -0.1) is 0 Å². The largest absolute Gasteiger partial charge is 0.370 e. The maximum absolute atomic E-state index is 5.60. The Hall–Kier alpha value is -1.52. The van der Waals surface area contributed by atoms with E-state index in [9.17, 15) is 0 Å². The van der Waals surface area contributed by atoms with Gasteiger partial charge >= 0.3 is 0 Å². The van der Waals surface area contributed by atoms with E-state index >= 15 is 0 Å². The SMILES string of the molecule is CC(C)NC(N)=NCc1cn[nH]c1. The van der Waals surface area contributed by atoms with E-state index in [2.05, 4.69) is 20.5 Å². The fourth-order valence-electron chi connectivity index (χ4n) is 0.882. The lowest BCUT2D eigenvalue weighted by Gasteiger charge is -2.07. The second-order valence-corrected chi connectivity index (χ2v) is 3.11. The van der Waals surface area contributed by atoms with Crippen LogP contribution in [-0.2, 0) is 6.54 Å². The minimum Gasteiger partial charge on any atom is -0.370 e. The number of hydrogen-bond donors (Lipinski definition) is 3. The van der Waals surface area contributed by atoms with Gasteiger partial charge in [-0.05, 0) is 13.8 Å². The first-order valence-electron chi connectivity index (χ1n) is 4.22. The number of aliphatic imine (C=N–C) groups is 1. The number of aromatic nitrogens is 2. The van der Waals surface area contributed by atoms with Crippen LogP contribution in [0.4, 0.5) is 0 Å². The molecular weight excluding hydrogens is 166 g/mol. The Balaban J connectivity index is 2.39. The molecular formula is C8H15N5. The van der Waals surface area contributed by atoms with E-state index < -0.39 is 0 Å². The molecule has 0 fully saturated rings. The molecule has 1 rings (SSSR count). The highest BCUT2D eigenvalue weighted by Crippen LogP contribution is 1.95. The zero-order valence-electron chi connectivity index (χ0n) is 7.91. The summed E-state index contributed by atoms with van der Waals surface area (Å²) in [5.74, 6) is 0.469. The van der Waals surface area contributed by atoms with Crippen LogP contribution in [0.5, 0.6) is 0 Å². The number of nitrogens with two attached hydrogens (primary N) is 1. The first kappa shape index (κ1) is 9.57. The van der Waals surface area contributed by atoms with Crippen molar-refractivity contribution in [2.45, 2.75) is 26.4 Å². The molecule has 5 heteroatoms. The van der Waals surface area contributed by atoms with Crippen molar-refractivity contribution in [3.8, 4) is 0 Å². The quantitative estimate of drug-likeness (QED) is 0.461. The second-order valence-electron chi connectivity index (χ2n) is 3.11. The summed E-state index contributed by atoms with van der Waals surface area (Å²) < 4.78 is 0. The van der Waals surface area contributed by atoms with Gasteiger partial charge in [-0.2, -0.15) is 5.10 Å². The van der Waals surface area contributed by atoms with Gasteiger partial charge in [0.15, 0.2) is 5.96 Å². The van der Waals surface area contributed by atoms with Crippen molar-refractivity contribution in [3.05, 3.63) is 18.0 Å². The van der Waals surface area contributed by atoms with Gasteiger partial charge in [-0.3, -0.25) is 5.10 Å². The maximum Gasteiger partial charge on any atom is 0.189 e. The molecule has 13 heavy (non-hydrogen) atoms. The van der Waals surface area contributed by atoms with Gasteiger partial charge in [0.1, 0.15) is 0 Å². The molecule has 0 aliphatic rings. The summed E-state index contributed by atoms with van der Waals surface area (Å²) >= 11 is 0. The first-order chi connectivity index (χ1) is 6.18. The van der Waals surface area contributed by atoms with Gasteiger partial charge in [0, 0.05) is 17.8 Å². The van der Waals surface area contributed by atoms with Crippen LogP contribution >= 0.6 is 0 Å². The Morgan fingerprint density at radius 3 is 3.08 bits per heavy atom. The van der Waals surface area contributed by atoms with Gasteiger partial charge < -0.3 is 11.1 Å². The number of guanidine groups is 1. The van der Waals surface area contributed by atoms with Crippen LogP contribution in [0.25, 0.3) is 0 Å². The van der Waals surface area contributed by atoms with Crippen molar-refractivity contribution in [1.29, 1.82) is 0 Å². The average Bonchev–Trinajstić information content (AvgIpc) is 2.51. The third-order valence-corrected chi connectivity index (χ3v) is 1.42. The fourth-order valence-corrected chi connectivity index (χ4v) is 0.882. The minimum atomic E-state index is 0.313. The number of H-pyrrole nitrogens is 1. The van der Waals surface area contributed by atoms with Gasteiger partial charge in [0.25, 0.3) is 0 Å². The highest BCUT2D eigenvalue weighted by atomic mass is 15.1. The van der Waals surface area contributed by atoms with Crippen molar-refractivity contribution in [1.82, 2.24) is 15.5 Å². The Kier molecular flexibility index (Phi) is 3.31. The Bertz CT molecular complexity index is 262. The molecule has 0 aromatic carbocycles. The third-order valence-electron chi connectivity index (χ3n) is 1.42. The van der Waals surface area contributed by atoms with Crippen molar-refractivity contribution >= 4 is 5.96 Å². The molecule has 0 bridgehead atoms. The summed E-state index contributed by atoms with van der Waals surface area (Å²) in [5, 5.41) is 9.52. The average molecular weight is 181 g/mol. The second kappa shape index (κ2) is 4.49. The molecule has 72 valence electrons. The van der Waals surface area contributed by atoms with E-state index in [1.54, 1.807) is 12.4 Å². The molecule has 1 aromatic heterocycles. The maximum atomic E-state index is 5.60. The zero-order chi connectivity index (χ0) is 9.68. The predicted octanol–water partition coefficient (Wildman–Crippen LogP) is 0.222. The molecule has 5 nitrogen and oxygen atoms in total. The molecule has 0 atom stereocenters. The lowest BCUT2D eigenvalue weighted by molar-refractivity contribution is 0.723. The molecule has 0 saturated carbocycles. The smallest absolute Gasteiger partial charge is 0.189 e. The molecule has 0 aliphatic heterocycles. The van der Waals surface area contributed by atoms with E-state index in [0.29, 0.717) is 18.5 Å².